The third-order valence-electron chi connectivity index (χ3n) is 5.38. The maximum absolute atomic E-state index is 13.1. The number of amides is 1. The fraction of sp³-hybridized carbons (Fsp3) is 0.227. The van der Waals surface area contributed by atoms with Crippen LogP contribution in [-0.4, -0.2) is 39.1 Å². The zero-order chi connectivity index (χ0) is 20.0. The number of ether oxygens (including phenoxy) is 1. The van der Waals surface area contributed by atoms with Gasteiger partial charge >= 0.3 is 0 Å². The van der Waals surface area contributed by atoms with Crippen molar-refractivity contribution in [2.45, 2.75) is 13.0 Å². The molecule has 0 N–H and O–H groups in total. The third-order valence-corrected chi connectivity index (χ3v) is 5.38. The summed E-state index contributed by atoms with van der Waals surface area (Å²) < 4.78 is 12.9. The van der Waals surface area contributed by atoms with E-state index >= 15 is 0 Å². The molecular formula is C22H20N4O3. The minimum atomic E-state index is -0.205. The lowest BCUT2D eigenvalue weighted by Gasteiger charge is -2.21. The maximum Gasteiger partial charge on any atom is 0.278 e. The van der Waals surface area contributed by atoms with Crippen molar-refractivity contribution in [2.75, 3.05) is 13.3 Å². The SMILES string of the molecule is Cc1nn(C)c2cc(-c3cc(C(=O)N4COCC4c4ccccc4)no3)ccc12. The van der Waals surface area contributed by atoms with Crippen LogP contribution in [0.3, 0.4) is 0 Å². The first-order valence-electron chi connectivity index (χ1n) is 9.46. The highest BCUT2D eigenvalue weighted by Gasteiger charge is 2.33. The fourth-order valence-corrected chi connectivity index (χ4v) is 3.84. The molecule has 7 nitrogen and oxygen atoms in total. The molecule has 3 heterocycles. The van der Waals surface area contributed by atoms with E-state index in [2.05, 4.69) is 10.3 Å². The Morgan fingerprint density at radius 3 is 2.79 bits per heavy atom. The molecule has 1 atom stereocenters. The van der Waals surface area contributed by atoms with Crippen LogP contribution in [0.1, 0.15) is 27.8 Å². The van der Waals surface area contributed by atoms with Gasteiger partial charge in [0.1, 0.15) is 6.73 Å². The van der Waals surface area contributed by atoms with E-state index in [0.29, 0.717) is 12.4 Å². The van der Waals surface area contributed by atoms with Gasteiger partial charge in [-0.25, -0.2) is 0 Å². The van der Waals surface area contributed by atoms with Gasteiger partial charge in [0.2, 0.25) is 0 Å². The molecular weight excluding hydrogens is 368 g/mol. The van der Waals surface area contributed by atoms with Gasteiger partial charge in [0.25, 0.3) is 5.91 Å². The summed E-state index contributed by atoms with van der Waals surface area (Å²) in [6, 6.07) is 17.4. The van der Waals surface area contributed by atoms with Gasteiger partial charge in [-0.1, -0.05) is 47.6 Å². The fourth-order valence-electron chi connectivity index (χ4n) is 3.84. The second-order valence-corrected chi connectivity index (χ2v) is 7.22. The number of carbonyl (C=O) groups is 1. The number of hydrogen-bond donors (Lipinski definition) is 0. The first-order chi connectivity index (χ1) is 14.1. The summed E-state index contributed by atoms with van der Waals surface area (Å²) in [4.78, 5) is 14.7. The summed E-state index contributed by atoms with van der Waals surface area (Å²) in [6.45, 7) is 2.69. The van der Waals surface area contributed by atoms with Gasteiger partial charge < -0.3 is 14.2 Å². The molecule has 7 heteroatoms. The Kier molecular flexibility index (Phi) is 4.17. The van der Waals surface area contributed by atoms with E-state index in [9.17, 15) is 4.79 Å². The average Bonchev–Trinajstić information content (AvgIpc) is 3.48. The van der Waals surface area contributed by atoms with E-state index in [4.69, 9.17) is 9.26 Å². The minimum Gasteiger partial charge on any atom is -0.359 e. The highest BCUT2D eigenvalue weighted by Crippen LogP contribution is 2.30. The van der Waals surface area contributed by atoms with Crippen LogP contribution in [0.4, 0.5) is 0 Å². The molecule has 0 saturated carbocycles. The smallest absolute Gasteiger partial charge is 0.278 e. The zero-order valence-electron chi connectivity index (χ0n) is 16.2. The Labute approximate surface area is 167 Å². The normalized spacial score (nSPS) is 16.6. The predicted molar refractivity (Wildman–Crippen MR) is 107 cm³/mol. The van der Waals surface area contributed by atoms with Crippen LogP contribution in [0.15, 0.2) is 59.1 Å². The van der Waals surface area contributed by atoms with Crippen molar-refractivity contribution in [1.29, 1.82) is 0 Å². The van der Waals surface area contributed by atoms with Gasteiger partial charge in [0.15, 0.2) is 11.5 Å². The minimum absolute atomic E-state index is 0.127. The Morgan fingerprint density at radius 1 is 1.14 bits per heavy atom. The third kappa shape index (κ3) is 3.00. The van der Waals surface area contributed by atoms with Crippen LogP contribution >= 0.6 is 0 Å². The lowest BCUT2D eigenvalue weighted by molar-refractivity contribution is 0.0649. The molecule has 0 radical (unpaired) electrons. The number of hydrogen-bond acceptors (Lipinski definition) is 5. The van der Waals surface area contributed by atoms with Gasteiger partial charge in [-0.15, -0.1) is 0 Å². The van der Waals surface area contributed by atoms with Crippen molar-refractivity contribution in [1.82, 2.24) is 19.8 Å². The van der Waals surface area contributed by atoms with Crippen LogP contribution in [0.2, 0.25) is 0 Å². The number of carbonyl (C=O) groups excluding carboxylic acids is 1. The van der Waals surface area contributed by atoms with Crippen LogP contribution in [0.25, 0.3) is 22.2 Å². The summed E-state index contributed by atoms with van der Waals surface area (Å²) in [6.07, 6.45) is 0. The van der Waals surface area contributed by atoms with Crippen LogP contribution in [0, 0.1) is 6.92 Å². The molecule has 2 aromatic carbocycles. The molecule has 1 unspecified atom stereocenters. The Bertz CT molecular complexity index is 1200. The number of aryl methyl sites for hydroxylation is 2. The highest BCUT2D eigenvalue weighted by atomic mass is 16.5. The number of fused-ring (bicyclic) bond motifs is 1. The molecule has 1 saturated heterocycles. The predicted octanol–water partition coefficient (Wildman–Crippen LogP) is 3.71. The van der Waals surface area contributed by atoms with Crippen molar-refractivity contribution < 1.29 is 14.1 Å². The van der Waals surface area contributed by atoms with Gasteiger partial charge in [-0.3, -0.25) is 9.48 Å². The molecule has 29 heavy (non-hydrogen) atoms. The molecule has 5 rings (SSSR count). The number of nitrogens with zero attached hydrogens (tertiary/aromatic N) is 4. The molecule has 146 valence electrons. The van der Waals surface area contributed by atoms with Crippen molar-refractivity contribution in [3.63, 3.8) is 0 Å². The number of rotatable bonds is 3. The van der Waals surface area contributed by atoms with Crippen molar-refractivity contribution >= 4 is 16.8 Å². The summed E-state index contributed by atoms with van der Waals surface area (Å²) in [7, 11) is 1.91. The number of aromatic nitrogens is 3. The quantitative estimate of drug-likeness (QED) is 0.535. The standard InChI is InChI=1S/C22H20N4O3/c1-14-17-9-8-16(10-19(17)25(2)23-14)21-11-18(24-29-21)22(27)26-13-28-12-20(26)15-6-4-3-5-7-15/h3-11,20H,12-13H2,1-2H3. The van der Waals surface area contributed by atoms with E-state index in [1.165, 1.54) is 0 Å². The molecule has 0 aliphatic carbocycles. The van der Waals surface area contributed by atoms with Crippen molar-refractivity contribution in [3.8, 4) is 11.3 Å². The van der Waals surface area contributed by atoms with Crippen LogP contribution < -0.4 is 0 Å². The Morgan fingerprint density at radius 2 is 1.97 bits per heavy atom. The first kappa shape index (κ1) is 17.6. The molecule has 1 amide bonds. The molecule has 2 aromatic heterocycles. The summed E-state index contributed by atoms with van der Waals surface area (Å²) in [5.74, 6) is 0.342. The summed E-state index contributed by atoms with van der Waals surface area (Å²) in [5, 5.41) is 9.56. The Hall–Kier alpha value is -3.45. The first-order valence-corrected chi connectivity index (χ1v) is 9.46. The molecule has 1 fully saturated rings. The second kappa shape index (κ2) is 6.86. The summed E-state index contributed by atoms with van der Waals surface area (Å²) >= 11 is 0. The van der Waals surface area contributed by atoms with Gasteiger partial charge in [-0.2, -0.15) is 5.10 Å². The topological polar surface area (TPSA) is 73.4 Å². The maximum atomic E-state index is 13.1. The molecule has 1 aliphatic heterocycles. The van der Waals surface area contributed by atoms with E-state index in [1.807, 2.05) is 67.2 Å². The van der Waals surface area contributed by atoms with E-state index in [0.717, 1.165) is 27.7 Å². The number of benzene rings is 2. The van der Waals surface area contributed by atoms with Gasteiger partial charge in [0, 0.05) is 24.1 Å². The average molecular weight is 388 g/mol. The van der Waals surface area contributed by atoms with E-state index < -0.39 is 0 Å². The van der Waals surface area contributed by atoms with Crippen LogP contribution in [-0.2, 0) is 11.8 Å². The lowest BCUT2D eigenvalue weighted by atomic mass is 10.1. The largest absolute Gasteiger partial charge is 0.359 e. The lowest BCUT2D eigenvalue weighted by Crippen LogP contribution is -2.31. The van der Waals surface area contributed by atoms with Crippen LogP contribution in [0.5, 0.6) is 0 Å². The molecule has 4 aromatic rings. The van der Waals surface area contributed by atoms with E-state index in [-0.39, 0.29) is 24.4 Å². The highest BCUT2D eigenvalue weighted by molar-refractivity contribution is 5.94. The molecule has 0 bridgehead atoms. The second-order valence-electron chi connectivity index (χ2n) is 7.22. The monoisotopic (exact) mass is 388 g/mol. The van der Waals surface area contributed by atoms with Crippen molar-refractivity contribution in [2.24, 2.45) is 7.05 Å². The molecule has 1 aliphatic rings. The van der Waals surface area contributed by atoms with E-state index in [1.54, 1.807) is 11.0 Å². The van der Waals surface area contributed by atoms with Gasteiger partial charge in [0.05, 0.1) is 23.9 Å². The Balaban J connectivity index is 1.44. The van der Waals surface area contributed by atoms with Crippen molar-refractivity contribution in [3.05, 3.63) is 71.5 Å². The molecule has 0 spiro atoms. The van der Waals surface area contributed by atoms with Gasteiger partial charge in [-0.05, 0) is 18.6 Å². The summed E-state index contributed by atoms with van der Waals surface area (Å²) in [5.41, 5.74) is 4.14. The zero-order valence-corrected chi connectivity index (χ0v) is 16.2.